The first-order chi connectivity index (χ1) is 11.0. The van der Waals surface area contributed by atoms with Crippen LogP contribution in [0, 0.1) is 11.8 Å². The molecule has 4 heteroatoms. The molecule has 1 heterocycles. The van der Waals surface area contributed by atoms with Crippen LogP contribution in [0.4, 0.5) is 0 Å². The van der Waals surface area contributed by atoms with Gasteiger partial charge in [0.05, 0.1) is 5.92 Å². The van der Waals surface area contributed by atoms with Gasteiger partial charge in [-0.2, -0.15) is 0 Å². The van der Waals surface area contributed by atoms with Crippen LogP contribution in [-0.2, 0) is 9.59 Å². The van der Waals surface area contributed by atoms with Crippen LogP contribution in [0.2, 0.25) is 0 Å². The third kappa shape index (κ3) is 3.89. The molecule has 0 aromatic carbocycles. The van der Waals surface area contributed by atoms with Gasteiger partial charge in [0, 0.05) is 24.5 Å². The number of carbonyl (C=O) groups excluding carboxylic acids is 2. The highest BCUT2D eigenvalue weighted by molar-refractivity contribution is 5.89. The first-order valence-corrected chi connectivity index (χ1v) is 9.58. The van der Waals surface area contributed by atoms with Crippen molar-refractivity contribution < 1.29 is 9.59 Å². The third-order valence-corrected chi connectivity index (χ3v) is 6.34. The van der Waals surface area contributed by atoms with E-state index in [1.165, 1.54) is 32.1 Å². The summed E-state index contributed by atoms with van der Waals surface area (Å²) in [7, 11) is 0. The molecule has 23 heavy (non-hydrogen) atoms. The maximum absolute atomic E-state index is 12.7. The van der Waals surface area contributed by atoms with Gasteiger partial charge in [-0.3, -0.25) is 9.59 Å². The van der Waals surface area contributed by atoms with E-state index in [9.17, 15) is 9.59 Å². The highest BCUT2D eigenvalue weighted by Crippen LogP contribution is 2.32. The van der Waals surface area contributed by atoms with E-state index in [2.05, 4.69) is 19.2 Å². The minimum absolute atomic E-state index is 0.0495. The van der Waals surface area contributed by atoms with Gasteiger partial charge >= 0.3 is 0 Å². The molecule has 0 bridgehead atoms. The number of nitrogens with zero attached hydrogens (tertiary/aromatic N) is 1. The molecule has 0 aromatic heterocycles. The Labute approximate surface area is 140 Å². The number of amides is 2. The van der Waals surface area contributed by atoms with Crippen molar-refractivity contribution in [2.75, 3.05) is 6.54 Å². The average molecular weight is 320 g/mol. The lowest BCUT2D eigenvalue weighted by atomic mass is 9.83. The van der Waals surface area contributed by atoms with Gasteiger partial charge in [0.25, 0.3) is 0 Å². The largest absolute Gasteiger partial charge is 0.351 e. The molecule has 3 fully saturated rings. The van der Waals surface area contributed by atoms with Crippen LogP contribution in [0.3, 0.4) is 0 Å². The second-order valence-electron chi connectivity index (χ2n) is 8.47. The topological polar surface area (TPSA) is 49.4 Å². The highest BCUT2D eigenvalue weighted by atomic mass is 16.2. The molecular weight excluding hydrogens is 288 g/mol. The van der Waals surface area contributed by atoms with Crippen LogP contribution in [0.15, 0.2) is 0 Å². The Hall–Kier alpha value is -1.06. The van der Waals surface area contributed by atoms with E-state index in [0.717, 1.165) is 31.6 Å². The smallest absolute Gasteiger partial charge is 0.225 e. The summed E-state index contributed by atoms with van der Waals surface area (Å²) in [5.74, 6) is 0.947. The fraction of sp³-hybridized carbons (Fsp3) is 0.895. The predicted octanol–water partition coefficient (Wildman–Crippen LogP) is 3.25. The maximum atomic E-state index is 12.7. The zero-order valence-corrected chi connectivity index (χ0v) is 14.8. The molecule has 4 nitrogen and oxygen atoms in total. The fourth-order valence-electron chi connectivity index (χ4n) is 4.67. The normalized spacial score (nSPS) is 34.4. The Kier molecular flexibility index (Phi) is 4.98. The predicted molar refractivity (Wildman–Crippen MR) is 90.9 cm³/mol. The lowest BCUT2D eigenvalue weighted by Gasteiger charge is -2.36. The molecule has 2 saturated carbocycles. The second kappa shape index (κ2) is 6.82. The number of likely N-dealkylation sites (tertiary alicyclic amines) is 1. The zero-order valence-electron chi connectivity index (χ0n) is 14.8. The number of nitrogens with one attached hydrogen (secondary N) is 1. The summed E-state index contributed by atoms with van der Waals surface area (Å²) in [6.07, 6.45) is 10.9. The van der Waals surface area contributed by atoms with Gasteiger partial charge in [-0.1, -0.05) is 26.2 Å². The minimum Gasteiger partial charge on any atom is -0.351 e. The quantitative estimate of drug-likeness (QED) is 0.868. The Morgan fingerprint density at radius 3 is 2.43 bits per heavy atom. The van der Waals surface area contributed by atoms with E-state index in [1.54, 1.807) is 0 Å². The van der Waals surface area contributed by atoms with E-state index in [4.69, 9.17) is 0 Å². The number of carbonyl (C=O) groups is 2. The molecule has 1 saturated heterocycles. The first kappa shape index (κ1) is 16.8. The molecule has 3 rings (SSSR count). The van der Waals surface area contributed by atoms with Crippen LogP contribution < -0.4 is 5.32 Å². The number of hydrogen-bond acceptors (Lipinski definition) is 2. The molecule has 1 N–H and O–H groups in total. The van der Waals surface area contributed by atoms with E-state index < -0.39 is 0 Å². The van der Waals surface area contributed by atoms with Gasteiger partial charge < -0.3 is 10.2 Å². The summed E-state index contributed by atoms with van der Waals surface area (Å²) < 4.78 is 0. The summed E-state index contributed by atoms with van der Waals surface area (Å²) in [6.45, 7) is 5.10. The van der Waals surface area contributed by atoms with Crippen molar-refractivity contribution in [1.29, 1.82) is 0 Å². The van der Waals surface area contributed by atoms with Crippen molar-refractivity contribution in [3.05, 3.63) is 0 Å². The third-order valence-electron chi connectivity index (χ3n) is 6.34. The van der Waals surface area contributed by atoms with Crippen molar-refractivity contribution in [2.45, 2.75) is 89.6 Å². The van der Waals surface area contributed by atoms with Gasteiger partial charge in [0.15, 0.2) is 0 Å². The molecule has 2 aliphatic carbocycles. The summed E-state index contributed by atoms with van der Waals surface area (Å²) in [5, 5.41) is 3.27. The lowest BCUT2D eigenvalue weighted by Crippen LogP contribution is -2.50. The van der Waals surface area contributed by atoms with Crippen LogP contribution >= 0.6 is 0 Å². The van der Waals surface area contributed by atoms with Crippen LogP contribution in [-0.4, -0.2) is 34.8 Å². The van der Waals surface area contributed by atoms with E-state index in [0.29, 0.717) is 19.0 Å². The van der Waals surface area contributed by atoms with Gasteiger partial charge in [-0.25, -0.2) is 0 Å². The first-order valence-electron chi connectivity index (χ1n) is 9.58. The Balaban J connectivity index is 1.55. The average Bonchev–Trinajstić information content (AvgIpc) is 2.90. The summed E-state index contributed by atoms with van der Waals surface area (Å²) >= 11 is 0. The van der Waals surface area contributed by atoms with Crippen molar-refractivity contribution in [3.8, 4) is 0 Å². The summed E-state index contributed by atoms with van der Waals surface area (Å²) in [5.41, 5.74) is -0.0495. The second-order valence-corrected chi connectivity index (χ2v) is 8.47. The van der Waals surface area contributed by atoms with Crippen molar-refractivity contribution >= 4 is 11.8 Å². The Morgan fingerprint density at radius 1 is 1.13 bits per heavy atom. The van der Waals surface area contributed by atoms with E-state index in [-0.39, 0.29) is 23.3 Å². The lowest BCUT2D eigenvalue weighted by molar-refractivity contribution is -0.131. The van der Waals surface area contributed by atoms with Gasteiger partial charge in [0.1, 0.15) is 0 Å². The number of rotatable bonds is 3. The van der Waals surface area contributed by atoms with Crippen LogP contribution in [0.25, 0.3) is 0 Å². The molecule has 0 unspecified atom stereocenters. The van der Waals surface area contributed by atoms with Gasteiger partial charge in [-0.15, -0.1) is 0 Å². The fourth-order valence-corrected chi connectivity index (χ4v) is 4.67. The standard InChI is InChI=1S/C19H32N2O2/c1-14-6-8-16(9-7-14)21-13-15(12-17(21)22)18(23)20-19(2)10-4-3-5-11-19/h14-16H,3-13H2,1-2H3,(H,20,23)/t14?,15-,16?/m1/s1. The molecule has 3 aliphatic rings. The van der Waals surface area contributed by atoms with E-state index >= 15 is 0 Å². The van der Waals surface area contributed by atoms with Crippen LogP contribution in [0.5, 0.6) is 0 Å². The Morgan fingerprint density at radius 2 is 1.78 bits per heavy atom. The van der Waals surface area contributed by atoms with Gasteiger partial charge in [0.2, 0.25) is 11.8 Å². The van der Waals surface area contributed by atoms with Gasteiger partial charge in [-0.05, 0) is 51.4 Å². The molecule has 2 amide bonds. The maximum Gasteiger partial charge on any atom is 0.225 e. The Bertz CT molecular complexity index is 448. The summed E-state index contributed by atoms with van der Waals surface area (Å²) in [4.78, 5) is 27.1. The zero-order chi connectivity index (χ0) is 16.4. The molecule has 130 valence electrons. The van der Waals surface area contributed by atoms with Crippen LogP contribution in [0.1, 0.15) is 78.1 Å². The molecule has 1 atom stereocenters. The minimum atomic E-state index is -0.138. The molecule has 1 aliphatic heterocycles. The van der Waals surface area contributed by atoms with Crippen molar-refractivity contribution in [3.63, 3.8) is 0 Å². The molecular formula is C19H32N2O2. The summed E-state index contributed by atoms with van der Waals surface area (Å²) in [6, 6.07) is 0.377. The molecule has 0 spiro atoms. The van der Waals surface area contributed by atoms with E-state index in [1.807, 2.05) is 4.90 Å². The monoisotopic (exact) mass is 320 g/mol. The van der Waals surface area contributed by atoms with Crippen molar-refractivity contribution in [2.24, 2.45) is 11.8 Å². The highest BCUT2D eigenvalue weighted by Gasteiger charge is 2.40. The van der Waals surface area contributed by atoms with Crippen molar-refractivity contribution in [1.82, 2.24) is 10.2 Å². The number of hydrogen-bond donors (Lipinski definition) is 1. The molecule has 0 aromatic rings. The molecule has 0 radical (unpaired) electrons. The SMILES string of the molecule is CC1CCC(N2C[C@H](C(=O)NC3(C)CCCCC3)CC2=O)CC1.